The summed E-state index contributed by atoms with van der Waals surface area (Å²) in [5.74, 6) is 2.52. The summed E-state index contributed by atoms with van der Waals surface area (Å²) in [6.45, 7) is 2.04. The molecule has 2 heterocycles. The van der Waals surface area contributed by atoms with E-state index in [-0.39, 0.29) is 6.04 Å². The summed E-state index contributed by atoms with van der Waals surface area (Å²) >= 11 is 0. The molecule has 0 bridgehead atoms. The van der Waals surface area contributed by atoms with E-state index in [1.165, 1.54) is 0 Å². The molecule has 4 heteroatoms. The monoisotopic (exact) mass is 268 g/mol. The zero-order valence-electron chi connectivity index (χ0n) is 11.5. The highest BCUT2D eigenvalue weighted by Gasteiger charge is 2.11. The molecule has 20 heavy (non-hydrogen) atoms. The van der Waals surface area contributed by atoms with E-state index in [0.29, 0.717) is 0 Å². The van der Waals surface area contributed by atoms with Crippen molar-refractivity contribution in [3.63, 3.8) is 0 Å². The van der Waals surface area contributed by atoms with E-state index >= 15 is 0 Å². The molecule has 2 aromatic heterocycles. The molecule has 1 aromatic carbocycles. The van der Waals surface area contributed by atoms with Gasteiger partial charge < -0.3 is 14.5 Å². The lowest BCUT2D eigenvalue weighted by molar-refractivity contribution is 0.415. The van der Waals surface area contributed by atoms with Crippen molar-refractivity contribution >= 4 is 16.6 Å². The van der Waals surface area contributed by atoms with Crippen LogP contribution in [0, 0.1) is 0 Å². The minimum absolute atomic E-state index is 0.0503. The number of benzene rings is 1. The zero-order valence-corrected chi connectivity index (χ0v) is 11.5. The molecule has 0 aliphatic rings. The van der Waals surface area contributed by atoms with Gasteiger partial charge in [0.15, 0.2) is 0 Å². The third-order valence-corrected chi connectivity index (χ3v) is 3.30. The lowest BCUT2D eigenvalue weighted by Crippen LogP contribution is -2.07. The first-order chi connectivity index (χ1) is 9.78. The van der Waals surface area contributed by atoms with Gasteiger partial charge in [-0.25, -0.2) is 4.98 Å². The van der Waals surface area contributed by atoms with E-state index in [1.54, 1.807) is 19.6 Å². The third kappa shape index (κ3) is 2.32. The molecule has 0 radical (unpaired) electrons. The van der Waals surface area contributed by atoms with Crippen LogP contribution in [-0.4, -0.2) is 12.1 Å². The molecule has 3 rings (SSSR count). The van der Waals surface area contributed by atoms with Gasteiger partial charge in [-0.15, -0.1) is 0 Å². The Balaban J connectivity index is 1.98. The Bertz CT molecular complexity index is 708. The van der Waals surface area contributed by atoms with Crippen LogP contribution < -0.4 is 10.1 Å². The van der Waals surface area contributed by atoms with Gasteiger partial charge in [-0.3, -0.25) is 0 Å². The van der Waals surface area contributed by atoms with Crippen LogP contribution in [0.5, 0.6) is 5.75 Å². The molecule has 4 nitrogen and oxygen atoms in total. The van der Waals surface area contributed by atoms with Gasteiger partial charge in [0, 0.05) is 11.6 Å². The molecule has 0 aliphatic carbocycles. The van der Waals surface area contributed by atoms with Crippen molar-refractivity contribution in [1.29, 1.82) is 0 Å². The van der Waals surface area contributed by atoms with Crippen molar-refractivity contribution in [2.24, 2.45) is 0 Å². The van der Waals surface area contributed by atoms with Crippen LogP contribution >= 0.6 is 0 Å². The van der Waals surface area contributed by atoms with Crippen LogP contribution in [0.2, 0.25) is 0 Å². The van der Waals surface area contributed by atoms with Crippen molar-refractivity contribution in [3.05, 3.63) is 54.6 Å². The first-order valence-electron chi connectivity index (χ1n) is 6.50. The topological polar surface area (TPSA) is 47.3 Å². The predicted molar refractivity (Wildman–Crippen MR) is 79.0 cm³/mol. The third-order valence-electron chi connectivity index (χ3n) is 3.30. The second-order valence-electron chi connectivity index (χ2n) is 4.63. The zero-order chi connectivity index (χ0) is 13.9. The largest absolute Gasteiger partial charge is 0.497 e. The second-order valence-corrected chi connectivity index (χ2v) is 4.63. The van der Waals surface area contributed by atoms with Crippen molar-refractivity contribution in [2.75, 3.05) is 12.4 Å². The summed E-state index contributed by atoms with van der Waals surface area (Å²) < 4.78 is 10.7. The first-order valence-corrected chi connectivity index (χ1v) is 6.50. The Morgan fingerprint density at radius 1 is 1.25 bits per heavy atom. The lowest BCUT2D eigenvalue weighted by atomic mass is 10.1. The molecular formula is C16H16N2O2. The minimum Gasteiger partial charge on any atom is -0.497 e. The number of anilines is 1. The maximum absolute atomic E-state index is 5.41. The van der Waals surface area contributed by atoms with Gasteiger partial charge >= 0.3 is 0 Å². The summed E-state index contributed by atoms with van der Waals surface area (Å²) in [5.41, 5.74) is 0. The molecule has 0 aliphatic heterocycles. The molecular weight excluding hydrogens is 252 g/mol. The number of rotatable bonds is 4. The average molecular weight is 268 g/mol. The fourth-order valence-electron chi connectivity index (χ4n) is 2.20. The van der Waals surface area contributed by atoms with Crippen LogP contribution in [-0.2, 0) is 0 Å². The molecule has 102 valence electrons. The quantitative estimate of drug-likeness (QED) is 0.776. The van der Waals surface area contributed by atoms with Gasteiger partial charge in [0.2, 0.25) is 0 Å². The summed E-state index contributed by atoms with van der Waals surface area (Å²) in [4.78, 5) is 4.42. The average Bonchev–Trinajstić information content (AvgIpc) is 3.01. The number of hydrogen-bond donors (Lipinski definition) is 1. The van der Waals surface area contributed by atoms with Gasteiger partial charge in [-0.2, -0.15) is 0 Å². The lowest BCUT2D eigenvalue weighted by Gasteiger charge is -2.14. The highest BCUT2D eigenvalue weighted by atomic mass is 16.5. The smallest absolute Gasteiger partial charge is 0.134 e. The summed E-state index contributed by atoms with van der Waals surface area (Å²) in [6.07, 6.45) is 3.47. The molecule has 1 N–H and O–H groups in total. The van der Waals surface area contributed by atoms with E-state index in [2.05, 4.69) is 10.3 Å². The van der Waals surface area contributed by atoms with Crippen molar-refractivity contribution in [1.82, 2.24) is 4.98 Å². The summed E-state index contributed by atoms with van der Waals surface area (Å²) in [7, 11) is 1.66. The summed E-state index contributed by atoms with van der Waals surface area (Å²) in [5, 5.41) is 5.53. The van der Waals surface area contributed by atoms with Crippen molar-refractivity contribution in [3.8, 4) is 5.75 Å². The molecule has 3 aromatic rings. The number of aromatic nitrogens is 1. The van der Waals surface area contributed by atoms with Gasteiger partial charge in [-0.1, -0.05) is 6.07 Å². The van der Waals surface area contributed by atoms with Gasteiger partial charge in [0.25, 0.3) is 0 Å². The molecule has 0 spiro atoms. The van der Waals surface area contributed by atoms with Crippen molar-refractivity contribution < 1.29 is 9.15 Å². The van der Waals surface area contributed by atoms with Crippen LogP contribution in [0.25, 0.3) is 10.8 Å². The number of furan rings is 1. The normalized spacial score (nSPS) is 12.3. The second kappa shape index (κ2) is 5.25. The number of fused-ring (bicyclic) bond motifs is 1. The Kier molecular flexibility index (Phi) is 3.29. The minimum atomic E-state index is 0.0503. The highest BCUT2D eigenvalue weighted by Crippen LogP contribution is 2.28. The molecule has 0 saturated heterocycles. The van der Waals surface area contributed by atoms with Crippen LogP contribution in [0.4, 0.5) is 5.82 Å². The summed E-state index contributed by atoms with van der Waals surface area (Å²) in [6, 6.07) is 11.8. The van der Waals surface area contributed by atoms with Crippen molar-refractivity contribution in [2.45, 2.75) is 13.0 Å². The molecule has 1 atom stereocenters. The highest BCUT2D eigenvalue weighted by molar-refractivity contribution is 5.92. The Morgan fingerprint density at radius 2 is 2.15 bits per heavy atom. The van der Waals surface area contributed by atoms with E-state index in [0.717, 1.165) is 28.1 Å². The van der Waals surface area contributed by atoms with Crippen LogP contribution in [0.15, 0.2) is 53.3 Å². The Hall–Kier alpha value is -2.49. The number of ether oxygens (including phenoxy) is 1. The van der Waals surface area contributed by atoms with E-state index in [4.69, 9.17) is 9.15 Å². The Morgan fingerprint density at radius 3 is 2.90 bits per heavy atom. The van der Waals surface area contributed by atoms with Gasteiger partial charge in [0.1, 0.15) is 17.3 Å². The number of methoxy groups -OCH3 is 1. The van der Waals surface area contributed by atoms with E-state index in [1.807, 2.05) is 43.3 Å². The standard InChI is InChI=1S/C16H16N2O2/c1-11(15-4-3-9-20-15)18-16-14-10-13(19-2)6-5-12(14)7-8-17-16/h3-11H,1-2H3,(H,17,18). The number of nitrogens with zero attached hydrogens (tertiary/aromatic N) is 1. The number of hydrogen-bond acceptors (Lipinski definition) is 4. The molecule has 1 unspecified atom stereocenters. The fraction of sp³-hybridized carbons (Fsp3) is 0.188. The molecule has 0 saturated carbocycles. The number of pyridine rings is 1. The maximum Gasteiger partial charge on any atom is 0.134 e. The van der Waals surface area contributed by atoms with Crippen LogP contribution in [0.1, 0.15) is 18.7 Å². The molecule has 0 amide bonds. The SMILES string of the molecule is COc1ccc2ccnc(NC(C)c3ccco3)c2c1. The molecule has 0 fully saturated rings. The van der Waals surface area contributed by atoms with Gasteiger partial charge in [-0.05, 0) is 42.6 Å². The van der Waals surface area contributed by atoms with E-state index in [9.17, 15) is 0 Å². The fourth-order valence-corrected chi connectivity index (χ4v) is 2.20. The maximum atomic E-state index is 5.41. The number of nitrogens with one attached hydrogen (secondary N) is 1. The van der Waals surface area contributed by atoms with Gasteiger partial charge in [0.05, 0.1) is 19.4 Å². The predicted octanol–water partition coefficient (Wildman–Crippen LogP) is 4.01. The van der Waals surface area contributed by atoms with E-state index < -0.39 is 0 Å². The Labute approximate surface area is 117 Å². The van der Waals surface area contributed by atoms with Crippen LogP contribution in [0.3, 0.4) is 0 Å². The first kappa shape index (κ1) is 12.5.